The second-order valence-corrected chi connectivity index (χ2v) is 4.74. The number of thioether (sulfide) groups is 1. The lowest BCUT2D eigenvalue weighted by Crippen LogP contribution is -2.07. The largest absolute Gasteiger partial charge is 0.508 e. The van der Waals surface area contributed by atoms with E-state index in [0.29, 0.717) is 5.78 Å². The number of benzene rings is 1. The first-order valence-corrected chi connectivity index (χ1v) is 5.62. The molecule has 74 valence electrons. The molecule has 0 spiro atoms. The number of carbonyl (C=O) groups is 1. The van der Waals surface area contributed by atoms with Crippen molar-refractivity contribution in [2.45, 2.75) is 29.4 Å². The molecule has 1 aromatic carbocycles. The number of carbonyl (C=O) groups excluding carboxylic acids is 1. The summed E-state index contributed by atoms with van der Waals surface area (Å²) in [5.74, 6) is 0.634. The van der Waals surface area contributed by atoms with Gasteiger partial charge < -0.3 is 5.11 Å². The summed E-state index contributed by atoms with van der Waals surface area (Å²) in [5, 5.41) is 9.23. The molecular formula is C11H12O2S. The highest BCUT2D eigenvalue weighted by molar-refractivity contribution is 8.00. The van der Waals surface area contributed by atoms with E-state index in [4.69, 9.17) is 5.11 Å². The summed E-state index contributed by atoms with van der Waals surface area (Å²) >= 11 is 1.61. The Labute approximate surface area is 87.3 Å². The van der Waals surface area contributed by atoms with Crippen molar-refractivity contribution in [3.8, 4) is 5.75 Å². The van der Waals surface area contributed by atoms with E-state index in [1.807, 2.05) is 12.1 Å². The zero-order valence-corrected chi connectivity index (χ0v) is 8.59. The van der Waals surface area contributed by atoms with Crippen LogP contribution in [0.2, 0.25) is 0 Å². The zero-order valence-electron chi connectivity index (χ0n) is 7.77. The lowest BCUT2D eigenvalue weighted by atomic mass is 10.3. The first kappa shape index (κ1) is 9.59. The Balaban J connectivity index is 2.03. The van der Waals surface area contributed by atoms with Gasteiger partial charge in [0.15, 0.2) is 0 Å². The smallest absolute Gasteiger partial charge is 0.146 e. The molecule has 1 unspecified atom stereocenters. The fraction of sp³-hybridized carbons (Fsp3) is 0.364. The minimum Gasteiger partial charge on any atom is -0.508 e. The Kier molecular flexibility index (Phi) is 2.77. The average molecular weight is 208 g/mol. The van der Waals surface area contributed by atoms with Crippen LogP contribution < -0.4 is 0 Å². The molecule has 1 aliphatic carbocycles. The number of rotatable bonds is 2. The molecule has 14 heavy (non-hydrogen) atoms. The van der Waals surface area contributed by atoms with E-state index >= 15 is 0 Å². The maximum atomic E-state index is 11.4. The molecule has 1 atom stereocenters. The highest BCUT2D eigenvalue weighted by atomic mass is 32.2. The van der Waals surface area contributed by atoms with Gasteiger partial charge >= 0.3 is 0 Å². The SMILES string of the molecule is O=C1CCCC1Sc1ccc(O)cc1. The number of hydrogen-bond acceptors (Lipinski definition) is 3. The van der Waals surface area contributed by atoms with Crippen molar-refractivity contribution in [2.24, 2.45) is 0 Å². The molecule has 0 amide bonds. The van der Waals surface area contributed by atoms with Gasteiger partial charge in [0.2, 0.25) is 0 Å². The summed E-state index contributed by atoms with van der Waals surface area (Å²) in [6, 6.07) is 7.01. The van der Waals surface area contributed by atoms with E-state index in [-0.39, 0.29) is 11.0 Å². The Hall–Kier alpha value is -0.960. The van der Waals surface area contributed by atoms with Gasteiger partial charge in [-0.1, -0.05) is 0 Å². The summed E-state index contributed by atoms with van der Waals surface area (Å²) in [6.45, 7) is 0. The highest BCUT2D eigenvalue weighted by Gasteiger charge is 2.24. The monoisotopic (exact) mass is 208 g/mol. The van der Waals surface area contributed by atoms with Gasteiger partial charge in [-0.15, -0.1) is 11.8 Å². The van der Waals surface area contributed by atoms with Crippen molar-refractivity contribution in [2.75, 3.05) is 0 Å². The van der Waals surface area contributed by atoms with Crippen molar-refractivity contribution in [3.63, 3.8) is 0 Å². The van der Waals surface area contributed by atoms with E-state index in [1.165, 1.54) is 0 Å². The van der Waals surface area contributed by atoms with Crippen LogP contribution in [0.25, 0.3) is 0 Å². The second-order valence-electron chi connectivity index (χ2n) is 3.46. The van der Waals surface area contributed by atoms with Gasteiger partial charge in [0.05, 0.1) is 5.25 Å². The third-order valence-corrected chi connectivity index (χ3v) is 3.69. The van der Waals surface area contributed by atoms with E-state index in [9.17, 15) is 4.79 Å². The summed E-state index contributed by atoms with van der Waals surface area (Å²) in [5.41, 5.74) is 0. The van der Waals surface area contributed by atoms with Crippen LogP contribution in [-0.2, 0) is 4.79 Å². The van der Waals surface area contributed by atoms with Gasteiger partial charge in [-0.3, -0.25) is 4.79 Å². The summed E-state index contributed by atoms with van der Waals surface area (Å²) < 4.78 is 0. The second kappa shape index (κ2) is 4.05. The van der Waals surface area contributed by atoms with Crippen LogP contribution in [0.15, 0.2) is 29.2 Å². The maximum absolute atomic E-state index is 11.4. The van der Waals surface area contributed by atoms with Crippen LogP contribution in [0.1, 0.15) is 19.3 Å². The molecule has 0 saturated heterocycles. The number of phenols is 1. The minimum absolute atomic E-state index is 0.138. The summed E-state index contributed by atoms with van der Waals surface area (Å²) in [6.07, 6.45) is 2.74. The zero-order chi connectivity index (χ0) is 9.97. The van der Waals surface area contributed by atoms with Crippen LogP contribution in [0.4, 0.5) is 0 Å². The average Bonchev–Trinajstić information content (AvgIpc) is 2.56. The molecule has 0 aliphatic heterocycles. The van der Waals surface area contributed by atoms with E-state index in [0.717, 1.165) is 24.2 Å². The van der Waals surface area contributed by atoms with Crippen LogP contribution >= 0.6 is 11.8 Å². The molecule has 0 radical (unpaired) electrons. The number of ketones is 1. The molecule has 1 fully saturated rings. The molecule has 1 saturated carbocycles. The summed E-state index contributed by atoms with van der Waals surface area (Å²) in [4.78, 5) is 12.4. The van der Waals surface area contributed by atoms with Crippen LogP contribution in [-0.4, -0.2) is 16.1 Å². The minimum atomic E-state index is 0.138. The van der Waals surface area contributed by atoms with Crippen LogP contribution in [0, 0.1) is 0 Å². The van der Waals surface area contributed by atoms with Crippen LogP contribution in [0.5, 0.6) is 5.75 Å². The quantitative estimate of drug-likeness (QED) is 0.811. The van der Waals surface area contributed by atoms with Gasteiger partial charge in [-0.2, -0.15) is 0 Å². The molecule has 0 bridgehead atoms. The topological polar surface area (TPSA) is 37.3 Å². The van der Waals surface area contributed by atoms with Crippen LogP contribution in [0.3, 0.4) is 0 Å². The molecule has 3 heteroatoms. The Morgan fingerprint density at radius 1 is 1.29 bits per heavy atom. The van der Waals surface area contributed by atoms with Gasteiger partial charge in [-0.25, -0.2) is 0 Å². The highest BCUT2D eigenvalue weighted by Crippen LogP contribution is 2.32. The molecule has 2 nitrogen and oxygen atoms in total. The fourth-order valence-electron chi connectivity index (χ4n) is 1.60. The summed E-state index contributed by atoms with van der Waals surface area (Å²) in [7, 11) is 0. The van der Waals surface area contributed by atoms with Crippen molar-refractivity contribution < 1.29 is 9.90 Å². The standard InChI is InChI=1S/C11H12O2S/c12-8-4-6-9(7-5-8)14-11-3-1-2-10(11)13/h4-7,11-12H,1-3H2. The molecule has 1 aliphatic rings. The molecule has 1 aromatic rings. The number of Topliss-reactive ketones (excluding diaryl/α,β-unsaturated/α-hetero) is 1. The number of aromatic hydroxyl groups is 1. The third kappa shape index (κ3) is 2.10. The van der Waals surface area contributed by atoms with Gasteiger partial charge in [0.25, 0.3) is 0 Å². The van der Waals surface area contributed by atoms with E-state index in [1.54, 1.807) is 23.9 Å². The van der Waals surface area contributed by atoms with Crippen molar-refractivity contribution in [1.82, 2.24) is 0 Å². The molecule has 0 aromatic heterocycles. The fourth-order valence-corrected chi connectivity index (χ4v) is 2.75. The van der Waals surface area contributed by atoms with Gasteiger partial charge in [-0.05, 0) is 37.1 Å². The van der Waals surface area contributed by atoms with E-state index < -0.39 is 0 Å². The van der Waals surface area contributed by atoms with Crippen molar-refractivity contribution in [1.29, 1.82) is 0 Å². The van der Waals surface area contributed by atoms with E-state index in [2.05, 4.69) is 0 Å². The molecule has 0 heterocycles. The van der Waals surface area contributed by atoms with Crippen molar-refractivity contribution >= 4 is 17.5 Å². The lowest BCUT2D eigenvalue weighted by molar-refractivity contribution is -0.116. The Bertz CT molecular complexity index is 332. The molecule has 2 rings (SSSR count). The molecular weight excluding hydrogens is 196 g/mol. The normalized spacial score (nSPS) is 21.4. The Morgan fingerprint density at radius 3 is 2.57 bits per heavy atom. The van der Waals surface area contributed by atoms with Gasteiger partial charge in [0.1, 0.15) is 11.5 Å². The predicted octanol–water partition coefficient (Wildman–Crippen LogP) is 2.61. The first-order chi connectivity index (χ1) is 6.75. The maximum Gasteiger partial charge on any atom is 0.146 e. The number of hydrogen-bond donors (Lipinski definition) is 1. The lowest BCUT2D eigenvalue weighted by Gasteiger charge is -2.06. The van der Waals surface area contributed by atoms with Gasteiger partial charge in [0, 0.05) is 11.3 Å². The number of phenolic OH excluding ortho intramolecular Hbond substituents is 1. The molecule has 1 N–H and O–H groups in total. The third-order valence-electron chi connectivity index (χ3n) is 2.36. The Morgan fingerprint density at radius 2 is 2.00 bits per heavy atom. The first-order valence-electron chi connectivity index (χ1n) is 4.74. The van der Waals surface area contributed by atoms with Crippen molar-refractivity contribution in [3.05, 3.63) is 24.3 Å². The predicted molar refractivity (Wildman–Crippen MR) is 56.6 cm³/mol.